The van der Waals surface area contributed by atoms with Gasteiger partial charge in [-0.1, -0.05) is 0 Å². The molecule has 0 unspecified atom stereocenters. The Morgan fingerprint density at radius 1 is 1.40 bits per heavy atom. The number of amides is 1. The lowest BCUT2D eigenvalue weighted by Crippen LogP contribution is -2.16. The minimum atomic E-state index is -1.06. The number of carboxylic acids is 1. The normalized spacial score (nSPS) is 10.2. The van der Waals surface area contributed by atoms with Gasteiger partial charge in [-0.3, -0.25) is 4.79 Å². The Morgan fingerprint density at radius 2 is 2.20 bits per heavy atom. The standard InChI is InChI=1S/C13H12IN3O3/c14-9-1-2-11(10(7-9)13(19)20)16-12(18)3-5-17-6-4-15-8-17/h1-2,4,6-8H,3,5H2,(H,16,18)(H,19,20). The van der Waals surface area contributed by atoms with Gasteiger partial charge in [0, 0.05) is 28.9 Å². The number of carbonyl (C=O) groups is 2. The van der Waals surface area contributed by atoms with Crippen LogP contribution in [-0.4, -0.2) is 26.5 Å². The molecule has 1 aromatic carbocycles. The predicted octanol–water partition coefficient (Wildman–Crippen LogP) is 2.21. The highest BCUT2D eigenvalue weighted by molar-refractivity contribution is 14.1. The molecule has 0 spiro atoms. The first-order valence-electron chi connectivity index (χ1n) is 5.84. The summed E-state index contributed by atoms with van der Waals surface area (Å²) in [6.07, 6.45) is 5.28. The van der Waals surface area contributed by atoms with Gasteiger partial charge in [-0.15, -0.1) is 0 Å². The maximum atomic E-state index is 11.8. The van der Waals surface area contributed by atoms with Gasteiger partial charge in [0.1, 0.15) is 0 Å². The van der Waals surface area contributed by atoms with Crippen LogP contribution in [0.5, 0.6) is 0 Å². The van der Waals surface area contributed by atoms with Crippen molar-refractivity contribution in [1.82, 2.24) is 9.55 Å². The number of hydrogen-bond acceptors (Lipinski definition) is 3. The van der Waals surface area contributed by atoms with Crippen molar-refractivity contribution in [2.24, 2.45) is 0 Å². The highest BCUT2D eigenvalue weighted by Gasteiger charge is 2.12. The number of hydrogen-bond donors (Lipinski definition) is 2. The van der Waals surface area contributed by atoms with E-state index in [9.17, 15) is 9.59 Å². The first-order valence-corrected chi connectivity index (χ1v) is 6.92. The minimum absolute atomic E-state index is 0.0906. The zero-order chi connectivity index (χ0) is 14.5. The van der Waals surface area contributed by atoms with Gasteiger partial charge in [0.05, 0.1) is 17.6 Å². The Labute approximate surface area is 129 Å². The SMILES string of the molecule is O=C(CCn1ccnc1)Nc1ccc(I)cc1C(=O)O. The van der Waals surface area contributed by atoms with Crippen LogP contribution >= 0.6 is 22.6 Å². The second-order valence-electron chi connectivity index (χ2n) is 4.09. The zero-order valence-corrected chi connectivity index (χ0v) is 12.6. The molecule has 0 saturated carbocycles. The van der Waals surface area contributed by atoms with Gasteiger partial charge < -0.3 is 15.0 Å². The van der Waals surface area contributed by atoms with E-state index >= 15 is 0 Å². The Hall–Kier alpha value is -1.90. The maximum absolute atomic E-state index is 11.8. The lowest BCUT2D eigenvalue weighted by molar-refractivity contribution is -0.116. The number of carbonyl (C=O) groups excluding carboxylic acids is 1. The van der Waals surface area contributed by atoms with Crippen LogP contribution in [0.15, 0.2) is 36.9 Å². The van der Waals surface area contributed by atoms with E-state index in [0.29, 0.717) is 12.2 Å². The predicted molar refractivity (Wildman–Crippen MR) is 81.6 cm³/mol. The number of imidazole rings is 1. The van der Waals surface area contributed by atoms with Crippen molar-refractivity contribution in [2.45, 2.75) is 13.0 Å². The molecule has 7 heteroatoms. The fourth-order valence-electron chi connectivity index (χ4n) is 1.66. The average Bonchev–Trinajstić information content (AvgIpc) is 2.91. The number of halogens is 1. The molecule has 104 valence electrons. The molecule has 0 radical (unpaired) electrons. The van der Waals surface area contributed by atoms with Gasteiger partial charge in [0.15, 0.2) is 0 Å². The Bertz CT molecular complexity index is 626. The number of rotatable bonds is 5. The van der Waals surface area contributed by atoms with Crippen LogP contribution < -0.4 is 5.32 Å². The Kier molecular flexibility index (Phi) is 4.72. The highest BCUT2D eigenvalue weighted by atomic mass is 127. The molecule has 0 aliphatic carbocycles. The summed E-state index contributed by atoms with van der Waals surface area (Å²) in [6, 6.07) is 4.87. The lowest BCUT2D eigenvalue weighted by Gasteiger charge is -2.09. The summed E-state index contributed by atoms with van der Waals surface area (Å²) >= 11 is 2.03. The van der Waals surface area contributed by atoms with Crippen LogP contribution in [0.4, 0.5) is 5.69 Å². The largest absolute Gasteiger partial charge is 0.478 e. The van der Waals surface area contributed by atoms with Crippen LogP contribution in [0.2, 0.25) is 0 Å². The average molecular weight is 385 g/mol. The topological polar surface area (TPSA) is 84.2 Å². The van der Waals surface area contributed by atoms with E-state index in [-0.39, 0.29) is 17.9 Å². The second-order valence-corrected chi connectivity index (χ2v) is 5.34. The molecule has 2 aromatic rings. The number of carboxylic acid groups (broad SMARTS) is 1. The Balaban J connectivity index is 2.02. The number of nitrogens with one attached hydrogen (secondary N) is 1. The van der Waals surface area contributed by atoms with Crippen molar-refractivity contribution in [3.8, 4) is 0 Å². The number of anilines is 1. The first kappa shape index (κ1) is 14.5. The summed E-state index contributed by atoms with van der Waals surface area (Å²) in [5.41, 5.74) is 0.404. The fourth-order valence-corrected chi connectivity index (χ4v) is 2.16. The second kappa shape index (κ2) is 6.51. The van der Waals surface area contributed by atoms with Gasteiger partial charge in [-0.2, -0.15) is 0 Å². The summed E-state index contributed by atoms with van der Waals surface area (Å²) in [6.45, 7) is 0.499. The summed E-state index contributed by atoms with van der Waals surface area (Å²) in [7, 11) is 0. The summed E-state index contributed by atoms with van der Waals surface area (Å²) in [5, 5.41) is 11.7. The lowest BCUT2D eigenvalue weighted by atomic mass is 10.2. The highest BCUT2D eigenvalue weighted by Crippen LogP contribution is 2.19. The molecule has 1 heterocycles. The molecule has 0 bridgehead atoms. The van der Waals surface area contributed by atoms with Gasteiger partial charge in [-0.05, 0) is 40.8 Å². The molecule has 1 amide bonds. The van der Waals surface area contributed by atoms with Crippen molar-refractivity contribution < 1.29 is 14.7 Å². The third kappa shape index (κ3) is 3.80. The molecule has 0 aliphatic rings. The number of benzene rings is 1. The molecule has 20 heavy (non-hydrogen) atoms. The van der Waals surface area contributed by atoms with E-state index in [1.165, 1.54) is 6.07 Å². The molecule has 6 nitrogen and oxygen atoms in total. The van der Waals surface area contributed by atoms with Gasteiger partial charge in [-0.25, -0.2) is 9.78 Å². The fraction of sp³-hybridized carbons (Fsp3) is 0.154. The monoisotopic (exact) mass is 385 g/mol. The van der Waals surface area contributed by atoms with E-state index in [1.807, 2.05) is 22.6 Å². The van der Waals surface area contributed by atoms with E-state index in [2.05, 4.69) is 10.3 Å². The number of aryl methyl sites for hydroxylation is 1. The van der Waals surface area contributed by atoms with Crippen LogP contribution in [0.3, 0.4) is 0 Å². The van der Waals surface area contributed by atoms with Gasteiger partial charge in [0.25, 0.3) is 0 Å². The summed E-state index contributed by atoms with van der Waals surface area (Å²) in [4.78, 5) is 26.8. The van der Waals surface area contributed by atoms with Crippen molar-refractivity contribution in [1.29, 1.82) is 0 Å². The molecular weight excluding hydrogens is 373 g/mol. The van der Waals surface area contributed by atoms with Crippen molar-refractivity contribution in [3.05, 3.63) is 46.1 Å². The van der Waals surface area contributed by atoms with Crippen LogP contribution in [0, 0.1) is 3.57 Å². The Morgan fingerprint density at radius 3 is 2.85 bits per heavy atom. The van der Waals surface area contributed by atoms with E-state index in [0.717, 1.165) is 3.57 Å². The quantitative estimate of drug-likeness (QED) is 0.774. The molecule has 0 atom stereocenters. The molecule has 2 N–H and O–H groups in total. The van der Waals surface area contributed by atoms with Crippen molar-refractivity contribution in [2.75, 3.05) is 5.32 Å². The molecule has 1 aromatic heterocycles. The molecule has 0 saturated heterocycles. The third-order valence-corrected chi connectivity index (χ3v) is 3.31. The smallest absolute Gasteiger partial charge is 0.337 e. The summed E-state index contributed by atoms with van der Waals surface area (Å²) < 4.78 is 2.59. The molecule has 0 aliphatic heterocycles. The van der Waals surface area contributed by atoms with Crippen molar-refractivity contribution in [3.63, 3.8) is 0 Å². The van der Waals surface area contributed by atoms with E-state index in [1.54, 1.807) is 35.4 Å². The third-order valence-electron chi connectivity index (χ3n) is 2.64. The minimum Gasteiger partial charge on any atom is -0.478 e. The van der Waals surface area contributed by atoms with Crippen LogP contribution in [-0.2, 0) is 11.3 Å². The molecule has 0 fully saturated rings. The maximum Gasteiger partial charge on any atom is 0.337 e. The summed E-state index contributed by atoms with van der Waals surface area (Å²) in [5.74, 6) is -1.30. The van der Waals surface area contributed by atoms with Crippen molar-refractivity contribution >= 4 is 40.2 Å². The first-order chi connectivity index (χ1) is 9.56. The molecular formula is C13H12IN3O3. The van der Waals surface area contributed by atoms with Gasteiger partial charge >= 0.3 is 5.97 Å². The van der Waals surface area contributed by atoms with E-state index in [4.69, 9.17) is 5.11 Å². The molecule has 2 rings (SSSR count). The number of nitrogens with zero attached hydrogens (tertiary/aromatic N) is 2. The van der Waals surface area contributed by atoms with Crippen LogP contribution in [0.25, 0.3) is 0 Å². The van der Waals surface area contributed by atoms with E-state index < -0.39 is 5.97 Å². The number of aromatic nitrogens is 2. The van der Waals surface area contributed by atoms with Gasteiger partial charge in [0.2, 0.25) is 5.91 Å². The zero-order valence-electron chi connectivity index (χ0n) is 10.4. The number of aromatic carboxylic acids is 1. The van der Waals surface area contributed by atoms with Crippen LogP contribution in [0.1, 0.15) is 16.8 Å².